The van der Waals surface area contributed by atoms with Crippen molar-refractivity contribution in [2.45, 2.75) is 32.5 Å². The second kappa shape index (κ2) is 7.15. The second-order valence-corrected chi connectivity index (χ2v) is 7.00. The Labute approximate surface area is 143 Å². The zero-order valence-corrected chi connectivity index (χ0v) is 14.1. The molecule has 0 N–H and O–H groups in total. The summed E-state index contributed by atoms with van der Waals surface area (Å²) in [4.78, 5) is 2.15. The van der Waals surface area contributed by atoms with Crippen LogP contribution in [0.25, 0.3) is 11.1 Å². The van der Waals surface area contributed by atoms with Gasteiger partial charge in [0.25, 0.3) is 0 Å². The lowest BCUT2D eigenvalue weighted by Crippen LogP contribution is -2.47. The van der Waals surface area contributed by atoms with Gasteiger partial charge >= 0.3 is 0 Å². The molecule has 1 saturated heterocycles. The van der Waals surface area contributed by atoms with Crippen LogP contribution in [0, 0.1) is 16.7 Å². The first-order chi connectivity index (χ1) is 11.6. The van der Waals surface area contributed by atoms with Crippen molar-refractivity contribution in [2.75, 3.05) is 13.1 Å². The third kappa shape index (κ3) is 3.66. The van der Waals surface area contributed by atoms with Crippen LogP contribution >= 0.6 is 0 Å². The molecule has 0 aromatic heterocycles. The van der Waals surface area contributed by atoms with Crippen molar-refractivity contribution in [1.29, 1.82) is 5.26 Å². The Morgan fingerprint density at radius 3 is 2.42 bits per heavy atom. The lowest BCUT2D eigenvalue weighted by molar-refractivity contribution is 0.0186. The molecule has 0 spiro atoms. The van der Waals surface area contributed by atoms with E-state index in [0.29, 0.717) is 13.0 Å². The molecule has 124 valence electrons. The van der Waals surface area contributed by atoms with Crippen LogP contribution in [0.5, 0.6) is 0 Å². The highest BCUT2D eigenvalue weighted by Crippen LogP contribution is 2.36. The topological polar surface area (TPSA) is 27.0 Å². The Morgan fingerprint density at radius 1 is 1.12 bits per heavy atom. The molecule has 3 rings (SSSR count). The number of nitriles is 1. The standard InChI is InChI=1S/C21H23FN2/c1-21(11-13-23)12-14-24(16-20(21)22)15-17-7-9-19(10-8-17)18-5-3-2-4-6-18/h2-10,20H,11-12,14-16H2,1H3/t20-,21-/m1/s1. The third-order valence-corrected chi connectivity index (χ3v) is 5.12. The van der Waals surface area contributed by atoms with Crippen LogP contribution < -0.4 is 0 Å². The van der Waals surface area contributed by atoms with Crippen LogP contribution in [-0.4, -0.2) is 24.2 Å². The third-order valence-electron chi connectivity index (χ3n) is 5.12. The molecule has 24 heavy (non-hydrogen) atoms. The number of likely N-dealkylation sites (tertiary alicyclic amines) is 1. The molecule has 2 aromatic carbocycles. The van der Waals surface area contributed by atoms with E-state index in [-0.39, 0.29) is 0 Å². The molecule has 2 nitrogen and oxygen atoms in total. The average Bonchev–Trinajstić information content (AvgIpc) is 2.60. The summed E-state index contributed by atoms with van der Waals surface area (Å²) in [7, 11) is 0. The summed E-state index contributed by atoms with van der Waals surface area (Å²) in [5.74, 6) is 0. The van der Waals surface area contributed by atoms with Gasteiger partial charge in [-0.3, -0.25) is 4.90 Å². The largest absolute Gasteiger partial charge is 0.296 e. The van der Waals surface area contributed by atoms with Gasteiger partial charge in [0.2, 0.25) is 0 Å². The van der Waals surface area contributed by atoms with Crippen molar-refractivity contribution < 1.29 is 4.39 Å². The van der Waals surface area contributed by atoms with E-state index in [2.05, 4.69) is 47.4 Å². The molecule has 0 aliphatic carbocycles. The van der Waals surface area contributed by atoms with E-state index in [9.17, 15) is 4.39 Å². The van der Waals surface area contributed by atoms with E-state index in [1.807, 2.05) is 25.1 Å². The van der Waals surface area contributed by atoms with E-state index in [4.69, 9.17) is 5.26 Å². The van der Waals surface area contributed by atoms with Crippen molar-refractivity contribution in [3.63, 3.8) is 0 Å². The van der Waals surface area contributed by atoms with Gasteiger partial charge in [-0.2, -0.15) is 5.26 Å². The Kier molecular flexibility index (Phi) is 4.97. The smallest absolute Gasteiger partial charge is 0.119 e. The fourth-order valence-electron chi connectivity index (χ4n) is 3.32. The number of hydrogen-bond donors (Lipinski definition) is 0. The highest BCUT2D eigenvalue weighted by molar-refractivity contribution is 5.63. The van der Waals surface area contributed by atoms with Gasteiger partial charge in [0, 0.05) is 24.9 Å². The van der Waals surface area contributed by atoms with Crippen LogP contribution in [0.3, 0.4) is 0 Å². The lowest BCUT2D eigenvalue weighted by Gasteiger charge is -2.41. The molecule has 3 heteroatoms. The number of benzene rings is 2. The number of hydrogen-bond acceptors (Lipinski definition) is 2. The van der Waals surface area contributed by atoms with Crippen LogP contribution in [0.4, 0.5) is 4.39 Å². The molecule has 0 radical (unpaired) electrons. The first-order valence-electron chi connectivity index (χ1n) is 8.48. The Morgan fingerprint density at radius 2 is 1.79 bits per heavy atom. The SMILES string of the molecule is C[C@@]1(CC#N)CCN(Cc2ccc(-c3ccccc3)cc2)C[C@H]1F. The minimum atomic E-state index is -0.936. The normalized spacial score (nSPS) is 24.5. The lowest BCUT2D eigenvalue weighted by atomic mass is 9.76. The highest BCUT2D eigenvalue weighted by atomic mass is 19.1. The minimum Gasteiger partial charge on any atom is -0.296 e. The summed E-state index contributed by atoms with van der Waals surface area (Å²) in [5.41, 5.74) is 3.12. The predicted octanol–water partition coefficient (Wildman–Crippen LogP) is 4.82. The van der Waals surface area contributed by atoms with Gasteiger partial charge in [0.1, 0.15) is 6.17 Å². The number of halogens is 1. The molecule has 2 atom stereocenters. The van der Waals surface area contributed by atoms with E-state index in [0.717, 1.165) is 19.5 Å². The van der Waals surface area contributed by atoms with Gasteiger partial charge in [-0.15, -0.1) is 0 Å². The fraction of sp³-hybridized carbons (Fsp3) is 0.381. The highest BCUT2D eigenvalue weighted by Gasteiger charge is 2.39. The maximum absolute atomic E-state index is 14.5. The number of piperidine rings is 1. The Bertz CT molecular complexity index is 705. The molecular weight excluding hydrogens is 299 g/mol. The summed E-state index contributed by atoms with van der Waals surface area (Å²) in [6.45, 7) is 3.92. The summed E-state index contributed by atoms with van der Waals surface area (Å²) in [5, 5.41) is 8.89. The second-order valence-electron chi connectivity index (χ2n) is 7.00. The molecule has 0 unspecified atom stereocenters. The average molecular weight is 322 g/mol. The predicted molar refractivity (Wildman–Crippen MR) is 95.0 cm³/mol. The molecule has 0 saturated carbocycles. The Hall–Kier alpha value is -2.18. The Balaban J connectivity index is 1.62. The number of rotatable bonds is 4. The van der Waals surface area contributed by atoms with Crippen molar-refractivity contribution in [1.82, 2.24) is 4.90 Å². The van der Waals surface area contributed by atoms with Gasteiger partial charge in [-0.05, 0) is 29.7 Å². The van der Waals surface area contributed by atoms with Crippen molar-refractivity contribution in [3.8, 4) is 17.2 Å². The van der Waals surface area contributed by atoms with Crippen LogP contribution in [0.2, 0.25) is 0 Å². The molecule has 1 aliphatic rings. The van der Waals surface area contributed by atoms with Crippen LogP contribution in [0.15, 0.2) is 54.6 Å². The van der Waals surface area contributed by atoms with E-state index >= 15 is 0 Å². The molecule has 0 amide bonds. The van der Waals surface area contributed by atoms with Crippen LogP contribution in [-0.2, 0) is 6.54 Å². The maximum Gasteiger partial charge on any atom is 0.119 e. The van der Waals surface area contributed by atoms with Gasteiger partial charge in [0.15, 0.2) is 0 Å². The number of nitrogens with zero attached hydrogens (tertiary/aromatic N) is 2. The van der Waals surface area contributed by atoms with Crippen molar-refractivity contribution >= 4 is 0 Å². The van der Waals surface area contributed by atoms with Gasteiger partial charge in [-0.1, -0.05) is 61.5 Å². The van der Waals surface area contributed by atoms with Gasteiger partial charge in [0.05, 0.1) is 6.07 Å². The van der Waals surface area contributed by atoms with Gasteiger partial charge < -0.3 is 0 Å². The zero-order chi connectivity index (χ0) is 17.0. The number of alkyl halides is 1. The molecule has 1 heterocycles. The van der Waals surface area contributed by atoms with E-state index in [1.165, 1.54) is 16.7 Å². The summed E-state index contributed by atoms with van der Waals surface area (Å²) in [6.07, 6.45) is 0.104. The first kappa shape index (κ1) is 16.7. The summed E-state index contributed by atoms with van der Waals surface area (Å²) < 4.78 is 14.5. The van der Waals surface area contributed by atoms with Gasteiger partial charge in [-0.25, -0.2) is 4.39 Å². The van der Waals surface area contributed by atoms with Crippen LogP contribution in [0.1, 0.15) is 25.3 Å². The summed E-state index contributed by atoms with van der Waals surface area (Å²) in [6, 6.07) is 20.9. The zero-order valence-electron chi connectivity index (χ0n) is 14.1. The fourth-order valence-corrected chi connectivity index (χ4v) is 3.32. The van der Waals surface area contributed by atoms with E-state index < -0.39 is 11.6 Å². The van der Waals surface area contributed by atoms with E-state index in [1.54, 1.807) is 0 Å². The molecule has 2 aromatic rings. The molecule has 1 aliphatic heterocycles. The molecular formula is C21H23FN2. The molecule has 0 bridgehead atoms. The molecule has 1 fully saturated rings. The van der Waals surface area contributed by atoms with Crippen molar-refractivity contribution in [3.05, 3.63) is 60.2 Å². The first-order valence-corrected chi connectivity index (χ1v) is 8.48. The minimum absolute atomic E-state index is 0.299. The van der Waals surface area contributed by atoms with Crippen molar-refractivity contribution in [2.24, 2.45) is 5.41 Å². The summed E-state index contributed by atoms with van der Waals surface area (Å²) >= 11 is 0. The quantitative estimate of drug-likeness (QED) is 0.807. The monoisotopic (exact) mass is 322 g/mol. The maximum atomic E-state index is 14.5.